The number of rotatable bonds is 1. The molecule has 1 atom stereocenters. The van der Waals surface area contributed by atoms with Gasteiger partial charge in [0.1, 0.15) is 0 Å². The van der Waals surface area contributed by atoms with Gasteiger partial charge in [0.05, 0.1) is 5.92 Å². The highest BCUT2D eigenvalue weighted by molar-refractivity contribution is 5.72. The monoisotopic (exact) mass is 154 g/mol. The first-order chi connectivity index (χ1) is 5.25. The van der Waals surface area contributed by atoms with Gasteiger partial charge in [-0.2, -0.15) is 0 Å². The minimum atomic E-state index is -0.557. The van der Waals surface area contributed by atoms with Crippen molar-refractivity contribution in [3.8, 4) is 0 Å². The van der Waals surface area contributed by atoms with Gasteiger partial charge in [-0.05, 0) is 31.1 Å². The van der Waals surface area contributed by atoms with Crippen molar-refractivity contribution < 1.29 is 9.90 Å². The van der Waals surface area contributed by atoms with Crippen molar-refractivity contribution in [2.75, 3.05) is 0 Å². The average molecular weight is 154 g/mol. The summed E-state index contributed by atoms with van der Waals surface area (Å²) >= 11 is 0. The van der Waals surface area contributed by atoms with Crippen molar-refractivity contribution in [3.05, 3.63) is 0 Å². The van der Waals surface area contributed by atoms with Gasteiger partial charge in [0, 0.05) is 0 Å². The zero-order valence-corrected chi connectivity index (χ0v) is 6.68. The molecule has 0 saturated heterocycles. The molecule has 2 aliphatic carbocycles. The molecule has 1 unspecified atom stereocenters. The van der Waals surface area contributed by atoms with Crippen molar-refractivity contribution in [3.63, 3.8) is 0 Å². The highest BCUT2D eigenvalue weighted by atomic mass is 16.4. The van der Waals surface area contributed by atoms with E-state index < -0.39 is 5.97 Å². The minimum Gasteiger partial charge on any atom is -0.481 e. The second-order valence-electron chi connectivity index (χ2n) is 4.00. The number of hydrogen-bond acceptors (Lipinski definition) is 1. The Labute approximate surface area is 66.6 Å². The molecule has 0 amide bonds. The van der Waals surface area contributed by atoms with Crippen molar-refractivity contribution in [1.82, 2.24) is 0 Å². The summed E-state index contributed by atoms with van der Waals surface area (Å²) in [6, 6.07) is 0. The Kier molecular flexibility index (Phi) is 1.44. The maximum Gasteiger partial charge on any atom is 0.307 e. The first kappa shape index (κ1) is 7.14. The standard InChI is InChI=1S/C9H14O2/c10-8(11)7-3-6-9(7)4-1-2-5-9/h7H,1-6H2,(H,10,11). The molecule has 0 aromatic rings. The number of carboxylic acids is 1. The van der Waals surface area contributed by atoms with E-state index in [1.54, 1.807) is 0 Å². The normalized spacial score (nSPS) is 33.6. The van der Waals surface area contributed by atoms with E-state index in [0.717, 1.165) is 6.42 Å². The van der Waals surface area contributed by atoms with Crippen LogP contribution in [-0.2, 0) is 4.79 Å². The molecule has 2 nitrogen and oxygen atoms in total. The van der Waals surface area contributed by atoms with Crippen LogP contribution in [0.3, 0.4) is 0 Å². The molecule has 11 heavy (non-hydrogen) atoms. The SMILES string of the molecule is O=C(O)C1CCC12CCCC2. The lowest BCUT2D eigenvalue weighted by molar-refractivity contribution is -0.154. The molecule has 0 aromatic heterocycles. The summed E-state index contributed by atoms with van der Waals surface area (Å²) in [5, 5.41) is 8.86. The number of carbonyl (C=O) groups is 1. The van der Waals surface area contributed by atoms with Gasteiger partial charge in [-0.3, -0.25) is 4.79 Å². The maximum atomic E-state index is 10.7. The summed E-state index contributed by atoms with van der Waals surface area (Å²) in [6.07, 6.45) is 6.95. The van der Waals surface area contributed by atoms with Crippen LogP contribution in [0.25, 0.3) is 0 Å². The van der Waals surface area contributed by atoms with Crippen LogP contribution in [0.15, 0.2) is 0 Å². The fourth-order valence-electron chi connectivity index (χ4n) is 2.76. The van der Waals surface area contributed by atoms with Crippen molar-refractivity contribution in [1.29, 1.82) is 0 Å². The topological polar surface area (TPSA) is 37.3 Å². The van der Waals surface area contributed by atoms with Crippen molar-refractivity contribution in [2.24, 2.45) is 11.3 Å². The average Bonchev–Trinajstić information content (AvgIpc) is 2.31. The fraction of sp³-hybridized carbons (Fsp3) is 0.889. The molecule has 2 fully saturated rings. The van der Waals surface area contributed by atoms with E-state index >= 15 is 0 Å². The summed E-state index contributed by atoms with van der Waals surface area (Å²) < 4.78 is 0. The fourth-order valence-corrected chi connectivity index (χ4v) is 2.76. The molecule has 0 aromatic carbocycles. The summed E-state index contributed by atoms with van der Waals surface area (Å²) in [5.74, 6) is -0.553. The van der Waals surface area contributed by atoms with E-state index in [2.05, 4.69) is 0 Å². The Balaban J connectivity index is 2.09. The van der Waals surface area contributed by atoms with Crippen LogP contribution in [-0.4, -0.2) is 11.1 Å². The van der Waals surface area contributed by atoms with Gasteiger partial charge in [-0.25, -0.2) is 0 Å². The zero-order chi connectivity index (χ0) is 7.90. The third-order valence-corrected chi connectivity index (χ3v) is 3.57. The van der Waals surface area contributed by atoms with E-state index in [4.69, 9.17) is 5.11 Å². The van der Waals surface area contributed by atoms with Crippen LogP contribution >= 0.6 is 0 Å². The van der Waals surface area contributed by atoms with Crippen LogP contribution in [0.2, 0.25) is 0 Å². The number of carboxylic acid groups (broad SMARTS) is 1. The van der Waals surface area contributed by atoms with Gasteiger partial charge in [-0.15, -0.1) is 0 Å². The smallest absolute Gasteiger partial charge is 0.307 e. The summed E-state index contributed by atoms with van der Waals surface area (Å²) in [7, 11) is 0. The number of aliphatic carboxylic acids is 1. The lowest BCUT2D eigenvalue weighted by Crippen LogP contribution is -2.42. The number of hydrogen-bond donors (Lipinski definition) is 1. The van der Waals surface area contributed by atoms with Crippen LogP contribution in [0.1, 0.15) is 38.5 Å². The molecule has 1 N–H and O–H groups in total. The van der Waals surface area contributed by atoms with Crippen molar-refractivity contribution >= 4 is 5.97 Å². The third kappa shape index (κ3) is 0.883. The van der Waals surface area contributed by atoms with Crippen molar-refractivity contribution in [2.45, 2.75) is 38.5 Å². The van der Waals surface area contributed by atoms with Gasteiger partial charge in [0.15, 0.2) is 0 Å². The lowest BCUT2D eigenvalue weighted by atomic mass is 9.59. The van der Waals surface area contributed by atoms with E-state index in [9.17, 15) is 4.79 Å². The second kappa shape index (κ2) is 2.23. The molecule has 2 rings (SSSR count). The van der Waals surface area contributed by atoms with Gasteiger partial charge in [0.25, 0.3) is 0 Å². The molecule has 2 aliphatic rings. The van der Waals surface area contributed by atoms with E-state index in [1.807, 2.05) is 0 Å². The van der Waals surface area contributed by atoms with Gasteiger partial charge in [-0.1, -0.05) is 12.8 Å². The van der Waals surface area contributed by atoms with Crippen LogP contribution in [0.5, 0.6) is 0 Å². The quantitative estimate of drug-likeness (QED) is 0.627. The zero-order valence-electron chi connectivity index (χ0n) is 6.68. The first-order valence-electron chi connectivity index (χ1n) is 4.47. The summed E-state index contributed by atoms with van der Waals surface area (Å²) in [6.45, 7) is 0. The van der Waals surface area contributed by atoms with E-state index in [0.29, 0.717) is 0 Å². The Bertz CT molecular complexity index is 180. The van der Waals surface area contributed by atoms with Gasteiger partial charge >= 0.3 is 5.97 Å². The highest BCUT2D eigenvalue weighted by Gasteiger charge is 2.51. The van der Waals surface area contributed by atoms with Gasteiger partial charge in [0.2, 0.25) is 0 Å². The maximum absolute atomic E-state index is 10.7. The molecule has 0 radical (unpaired) electrons. The molecule has 1 spiro atoms. The molecule has 0 bridgehead atoms. The molecule has 2 heteroatoms. The predicted octanol–water partition coefficient (Wildman–Crippen LogP) is 2.04. The molecule has 2 saturated carbocycles. The molecule has 0 aliphatic heterocycles. The van der Waals surface area contributed by atoms with Crippen LogP contribution < -0.4 is 0 Å². The van der Waals surface area contributed by atoms with E-state index in [1.165, 1.54) is 32.1 Å². The Hall–Kier alpha value is -0.530. The van der Waals surface area contributed by atoms with Crippen LogP contribution in [0.4, 0.5) is 0 Å². The lowest BCUT2D eigenvalue weighted by Gasteiger charge is -2.44. The summed E-state index contributed by atoms with van der Waals surface area (Å²) in [4.78, 5) is 10.7. The third-order valence-electron chi connectivity index (χ3n) is 3.57. The molecule has 0 heterocycles. The molecular weight excluding hydrogens is 140 g/mol. The second-order valence-corrected chi connectivity index (χ2v) is 4.00. The predicted molar refractivity (Wildman–Crippen MR) is 41.3 cm³/mol. The first-order valence-corrected chi connectivity index (χ1v) is 4.47. The highest BCUT2D eigenvalue weighted by Crippen LogP contribution is 2.57. The summed E-state index contributed by atoms with van der Waals surface area (Å²) in [5.41, 5.74) is 0.256. The Morgan fingerprint density at radius 1 is 1.27 bits per heavy atom. The van der Waals surface area contributed by atoms with Crippen LogP contribution in [0, 0.1) is 11.3 Å². The van der Waals surface area contributed by atoms with Gasteiger partial charge < -0.3 is 5.11 Å². The Morgan fingerprint density at radius 2 is 1.91 bits per heavy atom. The molecule has 62 valence electrons. The van der Waals surface area contributed by atoms with E-state index in [-0.39, 0.29) is 11.3 Å². The molecular formula is C9H14O2. The minimum absolute atomic E-state index is 0.00463. The largest absolute Gasteiger partial charge is 0.481 e. The Morgan fingerprint density at radius 3 is 2.27 bits per heavy atom.